The second-order valence-electron chi connectivity index (χ2n) is 4.57. The van der Waals surface area contributed by atoms with Gasteiger partial charge in [0.1, 0.15) is 0 Å². The Kier molecular flexibility index (Phi) is 4.75. The lowest BCUT2D eigenvalue weighted by Crippen LogP contribution is -2.01. The first-order valence-electron chi connectivity index (χ1n) is 6.60. The number of hydrogen-bond acceptors (Lipinski definition) is 1. The van der Waals surface area contributed by atoms with Crippen LogP contribution >= 0.6 is 11.6 Å². The summed E-state index contributed by atoms with van der Waals surface area (Å²) in [5.74, 6) is 0. The van der Waals surface area contributed by atoms with Crippen molar-refractivity contribution in [1.29, 1.82) is 0 Å². The van der Waals surface area contributed by atoms with Crippen LogP contribution in [-0.2, 0) is 0 Å². The molecule has 0 spiro atoms. The average Bonchev–Trinajstić information content (AvgIpc) is 2.41. The minimum atomic E-state index is 0.767. The molecule has 0 amide bonds. The van der Waals surface area contributed by atoms with Crippen LogP contribution in [0.3, 0.4) is 0 Å². The Labute approximate surface area is 120 Å². The van der Waals surface area contributed by atoms with E-state index in [-0.39, 0.29) is 0 Å². The minimum Gasteiger partial charge on any atom is -0.253 e. The molecule has 98 valence electrons. The van der Waals surface area contributed by atoms with Gasteiger partial charge in [-0.2, -0.15) is 0 Å². The van der Waals surface area contributed by atoms with Crippen molar-refractivity contribution >= 4 is 23.0 Å². The number of nitrogens with zero attached hydrogens (tertiary/aromatic N) is 1. The zero-order valence-corrected chi connectivity index (χ0v) is 12.1. The molecular formula is C17H18ClN. The van der Waals surface area contributed by atoms with E-state index < -0.39 is 0 Å². The molecule has 2 heteroatoms. The van der Waals surface area contributed by atoms with Crippen LogP contribution in [-0.4, -0.2) is 5.71 Å². The Bertz CT molecular complexity index is 587. The van der Waals surface area contributed by atoms with Gasteiger partial charge < -0.3 is 0 Å². The lowest BCUT2D eigenvalue weighted by molar-refractivity contribution is 0.992. The van der Waals surface area contributed by atoms with Gasteiger partial charge in [0.2, 0.25) is 0 Å². The first-order chi connectivity index (χ1) is 9.22. The maximum absolute atomic E-state index is 6.28. The lowest BCUT2D eigenvalue weighted by Gasteiger charge is -2.09. The molecule has 2 rings (SSSR count). The van der Waals surface area contributed by atoms with Gasteiger partial charge >= 0.3 is 0 Å². The molecule has 0 N–H and O–H groups in total. The molecule has 0 bridgehead atoms. The summed E-state index contributed by atoms with van der Waals surface area (Å²) in [5, 5.41) is 0.767. The summed E-state index contributed by atoms with van der Waals surface area (Å²) in [6.45, 7) is 4.24. The smallest absolute Gasteiger partial charge is 0.0662 e. The third kappa shape index (κ3) is 3.45. The highest BCUT2D eigenvalue weighted by Crippen LogP contribution is 2.23. The molecule has 0 aromatic heterocycles. The molecule has 0 aliphatic rings. The zero-order valence-electron chi connectivity index (χ0n) is 11.4. The highest BCUT2D eigenvalue weighted by atomic mass is 35.5. The van der Waals surface area contributed by atoms with Gasteiger partial charge in [0, 0.05) is 16.3 Å². The number of halogens is 1. The van der Waals surface area contributed by atoms with E-state index in [9.17, 15) is 0 Å². The predicted octanol–water partition coefficient (Wildman–Crippen LogP) is 5.57. The third-order valence-corrected chi connectivity index (χ3v) is 3.37. The molecule has 0 aliphatic heterocycles. The molecule has 2 aromatic carbocycles. The third-order valence-electron chi connectivity index (χ3n) is 3.04. The highest BCUT2D eigenvalue weighted by molar-refractivity contribution is 6.34. The van der Waals surface area contributed by atoms with Gasteiger partial charge in [-0.15, -0.1) is 0 Å². The van der Waals surface area contributed by atoms with Crippen LogP contribution in [0.2, 0.25) is 5.02 Å². The Hall–Kier alpha value is -1.60. The Morgan fingerprint density at radius 3 is 2.42 bits per heavy atom. The summed E-state index contributed by atoms with van der Waals surface area (Å²) >= 11 is 6.28. The number of para-hydroxylation sites is 1. The highest BCUT2D eigenvalue weighted by Gasteiger charge is 2.07. The molecule has 0 radical (unpaired) electrons. The number of aliphatic imine (C=N–C) groups is 1. The fraction of sp³-hybridized carbons (Fsp3) is 0.235. The SMILES string of the molecule is CCCC(=Nc1ccccc1C)c1ccccc1Cl. The molecule has 1 nitrogen and oxygen atoms in total. The first kappa shape index (κ1) is 13.8. The molecule has 0 saturated carbocycles. The van der Waals surface area contributed by atoms with E-state index in [0.29, 0.717) is 0 Å². The second-order valence-corrected chi connectivity index (χ2v) is 4.98. The normalized spacial score (nSPS) is 11.6. The van der Waals surface area contributed by atoms with E-state index in [1.807, 2.05) is 42.5 Å². The number of rotatable bonds is 4. The van der Waals surface area contributed by atoms with Crippen molar-refractivity contribution in [1.82, 2.24) is 0 Å². The van der Waals surface area contributed by atoms with Crippen molar-refractivity contribution in [3.05, 3.63) is 64.7 Å². The molecule has 0 heterocycles. The van der Waals surface area contributed by atoms with Gasteiger partial charge in [-0.25, -0.2) is 0 Å². The van der Waals surface area contributed by atoms with Crippen LogP contribution in [0.1, 0.15) is 30.9 Å². The van der Waals surface area contributed by atoms with Gasteiger partial charge in [0.15, 0.2) is 0 Å². The number of benzene rings is 2. The van der Waals surface area contributed by atoms with Gasteiger partial charge in [0.25, 0.3) is 0 Å². The zero-order chi connectivity index (χ0) is 13.7. The topological polar surface area (TPSA) is 12.4 Å². The van der Waals surface area contributed by atoms with Crippen molar-refractivity contribution in [2.24, 2.45) is 4.99 Å². The fourth-order valence-corrected chi connectivity index (χ4v) is 2.26. The van der Waals surface area contributed by atoms with Crippen LogP contribution in [0.15, 0.2) is 53.5 Å². The summed E-state index contributed by atoms with van der Waals surface area (Å²) < 4.78 is 0. The van der Waals surface area contributed by atoms with Crippen LogP contribution in [0, 0.1) is 6.92 Å². The molecule has 0 atom stereocenters. The first-order valence-corrected chi connectivity index (χ1v) is 6.98. The van der Waals surface area contributed by atoms with Crippen LogP contribution in [0.5, 0.6) is 0 Å². The molecule has 0 aliphatic carbocycles. The average molecular weight is 272 g/mol. The Morgan fingerprint density at radius 1 is 1.05 bits per heavy atom. The van der Waals surface area contributed by atoms with E-state index in [1.165, 1.54) is 5.56 Å². The van der Waals surface area contributed by atoms with Gasteiger partial charge in [-0.3, -0.25) is 4.99 Å². The quantitative estimate of drug-likeness (QED) is 0.645. The van der Waals surface area contributed by atoms with Gasteiger partial charge in [0.05, 0.1) is 5.69 Å². The standard InChI is InChI=1S/C17H18ClN/c1-3-8-17(14-10-5-6-11-15(14)18)19-16-12-7-4-9-13(16)2/h4-7,9-12H,3,8H2,1-2H3. The molecular weight excluding hydrogens is 254 g/mol. The van der Waals surface area contributed by atoms with Gasteiger partial charge in [-0.05, 0) is 31.0 Å². The fourth-order valence-electron chi connectivity index (χ4n) is 2.02. The van der Waals surface area contributed by atoms with Crippen molar-refractivity contribution in [3.8, 4) is 0 Å². The van der Waals surface area contributed by atoms with Crippen molar-refractivity contribution in [2.45, 2.75) is 26.7 Å². The molecule has 0 saturated heterocycles. The van der Waals surface area contributed by atoms with E-state index in [0.717, 1.165) is 34.8 Å². The monoisotopic (exact) mass is 271 g/mol. The summed E-state index contributed by atoms with van der Waals surface area (Å²) in [4.78, 5) is 4.81. The largest absolute Gasteiger partial charge is 0.253 e. The summed E-state index contributed by atoms with van der Waals surface area (Å²) in [5.41, 5.74) is 4.30. The summed E-state index contributed by atoms with van der Waals surface area (Å²) in [7, 11) is 0. The summed E-state index contributed by atoms with van der Waals surface area (Å²) in [6, 6.07) is 16.1. The van der Waals surface area contributed by atoms with E-state index in [4.69, 9.17) is 16.6 Å². The van der Waals surface area contributed by atoms with Gasteiger partial charge in [-0.1, -0.05) is 61.3 Å². The summed E-state index contributed by atoms with van der Waals surface area (Å²) in [6.07, 6.45) is 1.98. The van der Waals surface area contributed by atoms with Crippen molar-refractivity contribution in [2.75, 3.05) is 0 Å². The molecule has 2 aromatic rings. The predicted molar refractivity (Wildman–Crippen MR) is 83.7 cm³/mol. The van der Waals surface area contributed by atoms with E-state index in [1.54, 1.807) is 0 Å². The molecule has 0 unspecified atom stereocenters. The maximum atomic E-state index is 6.28. The molecule has 0 fully saturated rings. The Balaban J connectivity index is 2.47. The maximum Gasteiger partial charge on any atom is 0.0662 e. The number of aryl methyl sites for hydroxylation is 1. The van der Waals surface area contributed by atoms with Crippen LogP contribution in [0.25, 0.3) is 0 Å². The molecule has 19 heavy (non-hydrogen) atoms. The number of hydrogen-bond donors (Lipinski definition) is 0. The minimum absolute atomic E-state index is 0.767. The lowest BCUT2D eigenvalue weighted by atomic mass is 10.1. The second kappa shape index (κ2) is 6.53. The van der Waals surface area contributed by atoms with Crippen molar-refractivity contribution in [3.63, 3.8) is 0 Å². The van der Waals surface area contributed by atoms with Crippen LogP contribution in [0.4, 0.5) is 5.69 Å². The van der Waals surface area contributed by atoms with Crippen LogP contribution < -0.4 is 0 Å². The van der Waals surface area contributed by atoms with E-state index >= 15 is 0 Å². The Morgan fingerprint density at radius 2 is 1.74 bits per heavy atom. The van der Waals surface area contributed by atoms with E-state index in [2.05, 4.69) is 19.9 Å². The van der Waals surface area contributed by atoms with Crippen molar-refractivity contribution < 1.29 is 0 Å².